The predicted octanol–water partition coefficient (Wildman–Crippen LogP) is 7.54. The van der Waals surface area contributed by atoms with E-state index in [1.54, 1.807) is 18.4 Å². The first-order chi connectivity index (χ1) is 20.9. The monoisotopic (exact) mass is 632 g/mol. The Morgan fingerprint density at radius 3 is 2.25 bits per heavy atom. The highest BCUT2D eigenvalue weighted by Crippen LogP contribution is 2.35. The third-order valence-electron chi connectivity index (χ3n) is 7.39. The number of amides is 1. The Balaban J connectivity index is 1.39. The molecule has 228 valence electrons. The predicted molar refractivity (Wildman–Crippen MR) is 171 cm³/mol. The van der Waals surface area contributed by atoms with Gasteiger partial charge in [0.1, 0.15) is 0 Å². The molecule has 0 spiro atoms. The maximum absolute atomic E-state index is 12.4. The van der Waals surface area contributed by atoms with Crippen LogP contribution in [0.5, 0.6) is 0 Å². The summed E-state index contributed by atoms with van der Waals surface area (Å²) in [6.45, 7) is 6.33. The molecule has 5 aromatic rings. The molecule has 0 saturated carbocycles. The maximum Gasteiger partial charge on any atom is 0.266 e. The number of rotatable bonds is 10. The number of carbonyl (C=O) groups excluding carboxylic acids is 1. The molecule has 0 aliphatic carbocycles. The fourth-order valence-electron chi connectivity index (χ4n) is 4.86. The Labute approximate surface area is 261 Å². The van der Waals surface area contributed by atoms with Crippen LogP contribution in [0.2, 0.25) is 5.02 Å². The average Bonchev–Trinajstić information content (AvgIpc) is 3.66. The summed E-state index contributed by atoms with van der Waals surface area (Å²) in [6, 6.07) is 26.9. The molecule has 0 saturated heterocycles. The van der Waals surface area contributed by atoms with Gasteiger partial charge >= 0.3 is 0 Å². The first kappa shape index (κ1) is 31.3. The summed E-state index contributed by atoms with van der Waals surface area (Å²) in [4.78, 5) is 12.4. The zero-order valence-corrected chi connectivity index (χ0v) is 26.2. The number of furan rings is 1. The van der Waals surface area contributed by atoms with E-state index in [0.717, 1.165) is 27.9 Å². The number of halogens is 1. The van der Waals surface area contributed by atoms with Crippen molar-refractivity contribution in [2.45, 2.75) is 38.5 Å². The van der Waals surface area contributed by atoms with Crippen LogP contribution in [0.25, 0.3) is 22.6 Å². The van der Waals surface area contributed by atoms with Gasteiger partial charge in [0.2, 0.25) is 5.76 Å². The molecule has 2 N–H and O–H groups in total. The molecule has 2 aromatic heterocycles. The quantitative estimate of drug-likeness (QED) is 0.152. The molecule has 1 amide bonds. The largest absolute Gasteiger partial charge is 0.460 e. The second-order valence-electron chi connectivity index (χ2n) is 11.7. The van der Waals surface area contributed by atoms with Crippen molar-refractivity contribution in [3.8, 4) is 22.6 Å². The van der Waals surface area contributed by atoms with E-state index in [1.165, 1.54) is 5.56 Å². The van der Waals surface area contributed by atoms with Gasteiger partial charge in [-0.3, -0.25) is 9.35 Å². The molecule has 5 rings (SSSR count). The Kier molecular flexibility index (Phi) is 9.10. The van der Waals surface area contributed by atoms with Gasteiger partial charge < -0.3 is 14.3 Å². The van der Waals surface area contributed by atoms with E-state index in [4.69, 9.17) is 25.1 Å². The molecule has 8 nitrogen and oxygen atoms in total. The highest BCUT2D eigenvalue weighted by molar-refractivity contribution is 7.85. The second kappa shape index (κ2) is 12.8. The summed E-state index contributed by atoms with van der Waals surface area (Å²) in [5.41, 5.74) is 6.24. The standard InChI is InChI=1S/C34H33ClN2O6S/c1-34(2,3)27-12-8-24(9-13-27)29(18-22-4-6-25(7-5-22)33(38)36-16-17-44(39,40)41)30-20-32(43-37-30)31-19-26(21-42-31)23-10-14-28(35)15-11-23/h4-15,19-21,29H,16-18H2,1-3H3,(H,36,38)(H,39,40,41). The zero-order chi connectivity index (χ0) is 31.5. The van der Waals surface area contributed by atoms with Crippen LogP contribution in [0.15, 0.2) is 100 Å². The topological polar surface area (TPSA) is 123 Å². The van der Waals surface area contributed by atoms with Crippen LogP contribution < -0.4 is 5.32 Å². The van der Waals surface area contributed by atoms with Crippen molar-refractivity contribution in [1.82, 2.24) is 10.5 Å². The van der Waals surface area contributed by atoms with Crippen LogP contribution in [0.4, 0.5) is 0 Å². The van der Waals surface area contributed by atoms with E-state index in [-0.39, 0.29) is 17.9 Å². The van der Waals surface area contributed by atoms with Crippen molar-refractivity contribution in [1.29, 1.82) is 0 Å². The maximum atomic E-state index is 12.4. The Hall–Kier alpha value is -4.18. The Morgan fingerprint density at radius 1 is 0.932 bits per heavy atom. The van der Waals surface area contributed by atoms with Crippen LogP contribution in [0, 0.1) is 0 Å². The van der Waals surface area contributed by atoms with Gasteiger partial charge in [0, 0.05) is 34.7 Å². The number of nitrogens with one attached hydrogen (secondary N) is 1. The first-order valence-corrected chi connectivity index (χ1v) is 16.1. The number of nitrogens with zero attached hydrogens (tertiary/aromatic N) is 1. The summed E-state index contributed by atoms with van der Waals surface area (Å²) in [5, 5.41) is 7.61. The molecular weight excluding hydrogens is 600 g/mol. The SMILES string of the molecule is CC(C)(C)c1ccc(C(Cc2ccc(C(=O)NCCS(=O)(=O)O)cc2)c2cc(-c3cc(-c4ccc(Cl)cc4)co3)on2)cc1. The lowest BCUT2D eigenvalue weighted by molar-refractivity contribution is 0.0956. The van der Waals surface area contributed by atoms with E-state index in [9.17, 15) is 13.2 Å². The number of carbonyl (C=O) groups is 1. The van der Waals surface area contributed by atoms with Crippen LogP contribution in [-0.4, -0.2) is 36.3 Å². The summed E-state index contributed by atoms with van der Waals surface area (Å²) in [5.74, 6) is -0.0609. The number of hydrogen-bond donors (Lipinski definition) is 2. The third-order valence-corrected chi connectivity index (χ3v) is 8.36. The molecule has 1 unspecified atom stereocenters. The van der Waals surface area contributed by atoms with Gasteiger partial charge in [-0.2, -0.15) is 8.42 Å². The van der Waals surface area contributed by atoms with Crippen LogP contribution in [0.3, 0.4) is 0 Å². The normalized spacial score (nSPS) is 12.7. The molecule has 0 radical (unpaired) electrons. The molecule has 0 bridgehead atoms. The lowest BCUT2D eigenvalue weighted by Crippen LogP contribution is -2.28. The number of aromatic nitrogens is 1. The lowest BCUT2D eigenvalue weighted by atomic mass is 9.83. The number of benzene rings is 3. The van der Waals surface area contributed by atoms with Crippen molar-refractivity contribution in [3.63, 3.8) is 0 Å². The van der Waals surface area contributed by atoms with Gasteiger partial charge in [0.15, 0.2) is 5.76 Å². The Morgan fingerprint density at radius 2 is 1.61 bits per heavy atom. The lowest BCUT2D eigenvalue weighted by Gasteiger charge is -2.21. The molecule has 0 aliphatic heterocycles. The first-order valence-electron chi connectivity index (χ1n) is 14.1. The van der Waals surface area contributed by atoms with Crippen molar-refractivity contribution in [3.05, 3.63) is 124 Å². The molecule has 2 heterocycles. The van der Waals surface area contributed by atoms with Gasteiger partial charge in [-0.25, -0.2) is 0 Å². The molecular formula is C34H33ClN2O6S. The Bertz CT molecular complexity index is 1840. The van der Waals surface area contributed by atoms with E-state index < -0.39 is 21.8 Å². The zero-order valence-electron chi connectivity index (χ0n) is 24.6. The van der Waals surface area contributed by atoms with Crippen molar-refractivity contribution in [2.75, 3.05) is 12.3 Å². The van der Waals surface area contributed by atoms with Gasteiger partial charge in [-0.1, -0.05) is 86.1 Å². The van der Waals surface area contributed by atoms with E-state index in [0.29, 0.717) is 28.5 Å². The minimum Gasteiger partial charge on any atom is -0.460 e. The third kappa shape index (κ3) is 7.85. The summed E-state index contributed by atoms with van der Waals surface area (Å²) in [7, 11) is -4.15. The number of hydrogen-bond acceptors (Lipinski definition) is 6. The summed E-state index contributed by atoms with van der Waals surface area (Å²) in [6.07, 6.45) is 2.25. The molecule has 3 aromatic carbocycles. The van der Waals surface area contributed by atoms with Crippen molar-refractivity contribution < 1.29 is 26.7 Å². The minimum atomic E-state index is -4.15. The van der Waals surface area contributed by atoms with E-state index in [2.05, 4.69) is 55.5 Å². The fourth-order valence-corrected chi connectivity index (χ4v) is 5.35. The molecule has 0 aliphatic rings. The molecule has 0 fully saturated rings. The van der Waals surface area contributed by atoms with Gasteiger partial charge in [0.25, 0.3) is 16.0 Å². The molecule has 1 atom stereocenters. The van der Waals surface area contributed by atoms with Gasteiger partial charge in [-0.15, -0.1) is 0 Å². The van der Waals surface area contributed by atoms with Crippen LogP contribution in [-0.2, 0) is 22.0 Å². The van der Waals surface area contributed by atoms with Crippen molar-refractivity contribution in [2.24, 2.45) is 0 Å². The average molecular weight is 633 g/mol. The van der Waals surface area contributed by atoms with Gasteiger partial charge in [-0.05, 0) is 64.4 Å². The van der Waals surface area contributed by atoms with Crippen LogP contribution >= 0.6 is 11.6 Å². The molecule has 10 heteroatoms. The summed E-state index contributed by atoms with van der Waals surface area (Å²) >= 11 is 6.03. The van der Waals surface area contributed by atoms with Crippen LogP contribution in [0.1, 0.15) is 59.4 Å². The highest BCUT2D eigenvalue weighted by atomic mass is 35.5. The smallest absolute Gasteiger partial charge is 0.266 e. The fraction of sp³-hybridized carbons (Fsp3) is 0.235. The molecule has 44 heavy (non-hydrogen) atoms. The highest BCUT2D eigenvalue weighted by Gasteiger charge is 2.23. The van der Waals surface area contributed by atoms with E-state index in [1.807, 2.05) is 48.5 Å². The van der Waals surface area contributed by atoms with Crippen molar-refractivity contribution >= 4 is 27.6 Å². The second-order valence-corrected chi connectivity index (χ2v) is 13.7. The minimum absolute atomic E-state index is 0.00787. The summed E-state index contributed by atoms with van der Waals surface area (Å²) < 4.78 is 42.4. The van der Waals surface area contributed by atoms with Gasteiger partial charge in [0.05, 0.1) is 17.7 Å². The van der Waals surface area contributed by atoms with E-state index >= 15 is 0 Å².